The molecule has 0 saturated heterocycles. The molecule has 0 atom stereocenters. The third kappa shape index (κ3) is 4.35. The first-order valence-corrected chi connectivity index (χ1v) is 7.24. The van der Waals surface area contributed by atoms with E-state index < -0.39 is 0 Å². The highest BCUT2D eigenvalue weighted by Crippen LogP contribution is 2.22. The number of nitriles is 1. The maximum atomic E-state index is 12.0. The Morgan fingerprint density at radius 3 is 2.74 bits per heavy atom. The molecule has 0 bridgehead atoms. The predicted molar refractivity (Wildman–Crippen MR) is 91.6 cm³/mol. The van der Waals surface area contributed by atoms with Crippen LogP contribution in [0, 0.1) is 18.3 Å². The van der Waals surface area contributed by atoms with E-state index in [9.17, 15) is 4.79 Å². The van der Waals surface area contributed by atoms with E-state index in [0.717, 1.165) is 11.1 Å². The molecule has 0 spiro atoms. The molecule has 1 amide bonds. The number of carbonyl (C=O) groups is 1. The summed E-state index contributed by atoms with van der Waals surface area (Å²) < 4.78 is 5.26. The van der Waals surface area contributed by atoms with Gasteiger partial charge < -0.3 is 10.1 Å². The summed E-state index contributed by atoms with van der Waals surface area (Å²) in [6.45, 7) is 1.97. The summed E-state index contributed by atoms with van der Waals surface area (Å²) in [5, 5.41) is 11.8. The fourth-order valence-electron chi connectivity index (χ4n) is 2.02. The number of nitrogens with zero attached hydrogens (tertiary/aromatic N) is 1. The van der Waals surface area contributed by atoms with Gasteiger partial charge in [0.15, 0.2) is 0 Å². The van der Waals surface area contributed by atoms with Crippen LogP contribution in [0.2, 0.25) is 5.02 Å². The van der Waals surface area contributed by atoms with Crippen LogP contribution >= 0.6 is 11.6 Å². The lowest BCUT2D eigenvalue weighted by molar-refractivity contribution is -0.111. The Kier molecular flexibility index (Phi) is 5.40. The van der Waals surface area contributed by atoms with Crippen LogP contribution in [0.4, 0.5) is 5.69 Å². The van der Waals surface area contributed by atoms with E-state index in [1.165, 1.54) is 6.08 Å². The molecule has 0 aliphatic rings. The number of amides is 1. The summed E-state index contributed by atoms with van der Waals surface area (Å²) in [6.07, 6.45) is 3.11. The lowest BCUT2D eigenvalue weighted by Crippen LogP contribution is -2.07. The van der Waals surface area contributed by atoms with Crippen molar-refractivity contribution in [3.05, 3.63) is 64.2 Å². The zero-order valence-electron chi connectivity index (χ0n) is 12.8. The van der Waals surface area contributed by atoms with E-state index in [0.29, 0.717) is 22.0 Å². The Labute approximate surface area is 140 Å². The van der Waals surface area contributed by atoms with Crippen molar-refractivity contribution < 1.29 is 9.53 Å². The monoisotopic (exact) mass is 326 g/mol. The zero-order valence-corrected chi connectivity index (χ0v) is 13.5. The van der Waals surface area contributed by atoms with Crippen molar-refractivity contribution in [1.29, 1.82) is 5.26 Å². The molecule has 2 aromatic rings. The first-order chi connectivity index (χ1) is 11.0. The van der Waals surface area contributed by atoms with E-state index in [2.05, 4.69) is 5.32 Å². The Hall–Kier alpha value is -2.77. The van der Waals surface area contributed by atoms with Crippen LogP contribution in [0.25, 0.3) is 6.08 Å². The lowest BCUT2D eigenvalue weighted by atomic mass is 10.1. The molecule has 2 rings (SSSR count). The molecular formula is C18H15ClN2O2. The van der Waals surface area contributed by atoms with Crippen LogP contribution in [0.15, 0.2) is 42.5 Å². The van der Waals surface area contributed by atoms with Gasteiger partial charge >= 0.3 is 0 Å². The number of hydrogen-bond donors (Lipinski definition) is 1. The van der Waals surface area contributed by atoms with Crippen molar-refractivity contribution in [2.75, 3.05) is 12.4 Å². The van der Waals surface area contributed by atoms with Gasteiger partial charge in [-0.3, -0.25) is 4.79 Å². The highest BCUT2D eigenvalue weighted by Gasteiger charge is 2.04. The summed E-state index contributed by atoms with van der Waals surface area (Å²) in [4.78, 5) is 12.0. The van der Waals surface area contributed by atoms with Crippen LogP contribution < -0.4 is 10.1 Å². The van der Waals surface area contributed by atoms with Crippen LogP contribution in [-0.4, -0.2) is 13.0 Å². The van der Waals surface area contributed by atoms with Crippen molar-refractivity contribution in [3.8, 4) is 11.8 Å². The van der Waals surface area contributed by atoms with Gasteiger partial charge in [0, 0.05) is 17.3 Å². The second-order valence-electron chi connectivity index (χ2n) is 4.87. The summed E-state index contributed by atoms with van der Waals surface area (Å²) in [5.41, 5.74) is 2.79. The summed E-state index contributed by atoms with van der Waals surface area (Å²) in [6, 6.07) is 12.4. The van der Waals surface area contributed by atoms with Crippen LogP contribution in [0.5, 0.6) is 5.75 Å². The molecule has 0 heterocycles. The molecule has 0 aliphatic heterocycles. The standard InChI is InChI=1S/C18H15ClN2O2/c1-12-3-7-17(23-2)13(9-12)5-8-18(22)21-15-6-4-14(11-20)16(19)10-15/h3-10H,1-2H3,(H,21,22)/b8-5+. The normalized spacial score (nSPS) is 10.3. The Balaban J connectivity index is 2.12. The molecule has 116 valence electrons. The number of methoxy groups -OCH3 is 1. The van der Waals surface area contributed by atoms with Gasteiger partial charge in [0.2, 0.25) is 5.91 Å². The number of halogens is 1. The molecule has 0 unspecified atom stereocenters. The van der Waals surface area contributed by atoms with Crippen molar-refractivity contribution in [2.24, 2.45) is 0 Å². The van der Waals surface area contributed by atoms with Crippen LogP contribution in [-0.2, 0) is 4.79 Å². The third-order valence-electron chi connectivity index (χ3n) is 3.16. The summed E-state index contributed by atoms with van der Waals surface area (Å²) >= 11 is 5.93. The fourth-order valence-corrected chi connectivity index (χ4v) is 2.24. The van der Waals surface area contributed by atoms with Crippen molar-refractivity contribution in [3.63, 3.8) is 0 Å². The SMILES string of the molecule is COc1ccc(C)cc1/C=C/C(=O)Nc1ccc(C#N)c(Cl)c1. The van der Waals surface area contributed by atoms with E-state index in [1.807, 2.05) is 31.2 Å². The predicted octanol–water partition coefficient (Wildman–Crippen LogP) is 4.18. The van der Waals surface area contributed by atoms with E-state index >= 15 is 0 Å². The highest BCUT2D eigenvalue weighted by atomic mass is 35.5. The Bertz CT molecular complexity index is 807. The summed E-state index contributed by atoms with van der Waals surface area (Å²) in [7, 11) is 1.58. The van der Waals surface area contributed by atoms with Gasteiger partial charge in [0.25, 0.3) is 0 Å². The molecule has 0 aromatic heterocycles. The minimum absolute atomic E-state index is 0.297. The van der Waals surface area contributed by atoms with Gasteiger partial charge in [0.05, 0.1) is 17.7 Å². The van der Waals surface area contributed by atoms with Crippen molar-refractivity contribution in [1.82, 2.24) is 0 Å². The Morgan fingerprint density at radius 2 is 2.09 bits per heavy atom. The first-order valence-electron chi connectivity index (χ1n) is 6.87. The van der Waals surface area contributed by atoms with Gasteiger partial charge in [-0.1, -0.05) is 23.2 Å². The van der Waals surface area contributed by atoms with Crippen LogP contribution in [0.1, 0.15) is 16.7 Å². The maximum Gasteiger partial charge on any atom is 0.248 e. The molecule has 0 radical (unpaired) electrons. The molecular weight excluding hydrogens is 312 g/mol. The van der Waals surface area contributed by atoms with Gasteiger partial charge in [0.1, 0.15) is 11.8 Å². The zero-order chi connectivity index (χ0) is 16.8. The summed E-state index contributed by atoms with van der Waals surface area (Å²) in [5.74, 6) is 0.399. The topological polar surface area (TPSA) is 62.1 Å². The van der Waals surface area contributed by atoms with Crippen LogP contribution in [0.3, 0.4) is 0 Å². The second kappa shape index (κ2) is 7.48. The largest absolute Gasteiger partial charge is 0.496 e. The van der Waals surface area contributed by atoms with Crippen molar-refractivity contribution in [2.45, 2.75) is 6.92 Å². The van der Waals surface area contributed by atoms with Gasteiger partial charge in [-0.15, -0.1) is 0 Å². The highest BCUT2D eigenvalue weighted by molar-refractivity contribution is 6.32. The minimum atomic E-state index is -0.297. The second-order valence-corrected chi connectivity index (χ2v) is 5.28. The first kappa shape index (κ1) is 16.6. The third-order valence-corrected chi connectivity index (χ3v) is 3.47. The molecule has 1 N–H and O–H groups in total. The fraction of sp³-hybridized carbons (Fsp3) is 0.111. The van der Waals surface area contributed by atoms with E-state index in [4.69, 9.17) is 21.6 Å². The number of benzene rings is 2. The van der Waals surface area contributed by atoms with Crippen molar-refractivity contribution >= 4 is 29.3 Å². The molecule has 0 fully saturated rings. The molecule has 2 aromatic carbocycles. The smallest absolute Gasteiger partial charge is 0.248 e. The quantitative estimate of drug-likeness (QED) is 0.857. The molecule has 23 heavy (non-hydrogen) atoms. The number of anilines is 1. The van der Waals surface area contributed by atoms with Gasteiger partial charge in [-0.25, -0.2) is 0 Å². The number of hydrogen-bond acceptors (Lipinski definition) is 3. The number of carbonyl (C=O) groups excluding carboxylic acids is 1. The molecule has 0 saturated carbocycles. The number of rotatable bonds is 4. The number of ether oxygens (including phenoxy) is 1. The molecule has 0 aliphatic carbocycles. The van der Waals surface area contributed by atoms with Gasteiger partial charge in [-0.05, 0) is 43.3 Å². The van der Waals surface area contributed by atoms with E-state index in [1.54, 1.807) is 31.4 Å². The maximum absolute atomic E-state index is 12.0. The van der Waals surface area contributed by atoms with E-state index in [-0.39, 0.29) is 5.91 Å². The molecule has 4 nitrogen and oxygen atoms in total. The minimum Gasteiger partial charge on any atom is -0.496 e. The van der Waals surface area contributed by atoms with Gasteiger partial charge in [-0.2, -0.15) is 5.26 Å². The number of aryl methyl sites for hydroxylation is 1. The Morgan fingerprint density at radius 1 is 1.30 bits per heavy atom. The average Bonchev–Trinajstić information content (AvgIpc) is 2.53. The average molecular weight is 327 g/mol. The molecule has 5 heteroatoms. The lowest BCUT2D eigenvalue weighted by Gasteiger charge is -2.06. The number of nitrogens with one attached hydrogen (secondary N) is 1.